The van der Waals surface area contributed by atoms with Crippen LogP contribution >= 0.6 is 0 Å². The van der Waals surface area contributed by atoms with Crippen LogP contribution in [0.5, 0.6) is 0 Å². The summed E-state index contributed by atoms with van der Waals surface area (Å²) in [6.45, 7) is 9.62. The van der Waals surface area contributed by atoms with Crippen molar-refractivity contribution in [1.29, 1.82) is 0 Å². The van der Waals surface area contributed by atoms with Crippen LogP contribution in [-0.4, -0.2) is 0 Å². The van der Waals surface area contributed by atoms with Gasteiger partial charge in [0.15, 0.2) is 0 Å². The van der Waals surface area contributed by atoms with E-state index in [1.54, 1.807) is 77.6 Å². The zero-order valence-electron chi connectivity index (χ0n) is 41.4. The SMILES string of the molecule is CCC1=CCC2CCC=CC2=C1c1cc2c3c(c4c5c(cc(-c6c(CC)ccc7c6CCC=C7)cc5c3c1)=CC(C1=C3C=CCCC3CC=C1CC)C4)CC(C1=C(CC)CCC3=C1CCC=C3)C=2. The first-order valence-electron chi connectivity index (χ1n) is 27.4. The molecule has 0 fully saturated rings. The summed E-state index contributed by atoms with van der Waals surface area (Å²) in [6, 6.07) is 15.6. The van der Waals surface area contributed by atoms with Gasteiger partial charge in [0.2, 0.25) is 0 Å². The van der Waals surface area contributed by atoms with E-state index < -0.39 is 0 Å². The van der Waals surface area contributed by atoms with Crippen LogP contribution in [0.3, 0.4) is 0 Å². The van der Waals surface area contributed by atoms with Gasteiger partial charge >= 0.3 is 0 Å². The summed E-state index contributed by atoms with van der Waals surface area (Å²) in [5, 5.41) is 9.05. The standard InChI is InChI=1S/C68H70/c1-5-41-25-29-45-17-9-13-21-55(45)63(41)51-33-49-34-52(64-42(6-2)26-30-46-18-10-14-22-56(46)64)39-61-62-40-54(66-44(8-4)28-32-48-20-12-16-24-58(48)66)36-50-35-53(38-60(68(50)62)59(37-51)67(49)61)65-43(7-3)27-31-47-19-11-15-23-57(47)65/h9,12,14-15,17,20,22-23,25-27,29,33-38,46-47,52,54H,5-8,10-11,13,16,18-19,21,24,28,30-32,39-40H2,1-4H3. The molecule has 9 aliphatic carbocycles. The third-order valence-corrected chi connectivity index (χ3v) is 18.5. The Balaban J connectivity index is 1.16. The van der Waals surface area contributed by atoms with E-state index in [2.05, 4.69) is 137 Å². The highest BCUT2D eigenvalue weighted by Crippen LogP contribution is 2.50. The van der Waals surface area contributed by atoms with Crippen LogP contribution in [0, 0.1) is 23.7 Å². The third kappa shape index (κ3) is 6.73. The summed E-state index contributed by atoms with van der Waals surface area (Å²) in [5.41, 5.74) is 28.5. The normalized spacial score (nSPS) is 24.7. The second-order valence-corrected chi connectivity index (χ2v) is 21.9. The molecule has 68 heavy (non-hydrogen) atoms. The summed E-state index contributed by atoms with van der Waals surface area (Å²) < 4.78 is 0. The molecule has 0 amide bonds. The van der Waals surface area contributed by atoms with E-state index >= 15 is 0 Å². The van der Waals surface area contributed by atoms with Crippen molar-refractivity contribution in [3.8, 4) is 11.1 Å². The molecule has 0 saturated carbocycles. The van der Waals surface area contributed by atoms with Gasteiger partial charge in [0.05, 0.1) is 0 Å². The average molecular weight is 887 g/mol. The number of hydrogen-bond acceptors (Lipinski definition) is 0. The van der Waals surface area contributed by atoms with E-state index in [4.69, 9.17) is 0 Å². The van der Waals surface area contributed by atoms with Crippen LogP contribution in [0.2, 0.25) is 0 Å². The van der Waals surface area contributed by atoms with Gasteiger partial charge in [-0.3, -0.25) is 0 Å². The summed E-state index contributed by atoms with van der Waals surface area (Å²) >= 11 is 0. The Morgan fingerprint density at radius 1 is 0.529 bits per heavy atom. The smallest absolute Gasteiger partial charge is 0.00733 e. The van der Waals surface area contributed by atoms with Gasteiger partial charge in [0.1, 0.15) is 0 Å². The molecular formula is C68H70. The maximum Gasteiger partial charge on any atom is 0.00733 e. The molecular weight excluding hydrogens is 817 g/mol. The van der Waals surface area contributed by atoms with E-state index in [1.807, 2.05) is 0 Å². The molecule has 0 N–H and O–H groups in total. The molecule has 0 saturated heterocycles. The minimum absolute atomic E-state index is 0.353. The molecule has 13 rings (SSSR count). The highest BCUT2D eigenvalue weighted by Gasteiger charge is 2.35. The van der Waals surface area contributed by atoms with E-state index in [0.717, 1.165) is 51.4 Å². The van der Waals surface area contributed by atoms with Crippen molar-refractivity contribution in [3.63, 3.8) is 0 Å². The van der Waals surface area contributed by atoms with E-state index in [0.29, 0.717) is 23.7 Å². The number of allylic oxidation sites excluding steroid dienone is 19. The average Bonchev–Trinajstić information content (AvgIpc) is 3.40. The molecule has 0 spiro atoms. The van der Waals surface area contributed by atoms with Gasteiger partial charge < -0.3 is 0 Å². The van der Waals surface area contributed by atoms with Crippen molar-refractivity contribution in [2.45, 2.75) is 143 Å². The molecule has 0 heterocycles. The van der Waals surface area contributed by atoms with Crippen LogP contribution in [-0.2, 0) is 25.7 Å². The first-order valence-corrected chi connectivity index (χ1v) is 27.4. The fraction of sp³-hybridized carbons (Fsp3) is 0.382. The first kappa shape index (κ1) is 42.6. The summed E-state index contributed by atoms with van der Waals surface area (Å²) in [7, 11) is 0. The highest BCUT2D eigenvalue weighted by molar-refractivity contribution is 6.14. The molecule has 0 bridgehead atoms. The molecule has 342 valence electrons. The maximum absolute atomic E-state index is 2.81. The lowest BCUT2D eigenvalue weighted by molar-refractivity contribution is 0.544. The topological polar surface area (TPSA) is 0 Å². The van der Waals surface area contributed by atoms with Crippen LogP contribution in [0.15, 0.2) is 141 Å². The minimum atomic E-state index is 0.353. The van der Waals surface area contributed by atoms with Crippen LogP contribution in [0.4, 0.5) is 0 Å². The predicted octanol–water partition coefficient (Wildman–Crippen LogP) is 16.7. The van der Waals surface area contributed by atoms with Gasteiger partial charge in [-0.25, -0.2) is 0 Å². The van der Waals surface area contributed by atoms with Crippen LogP contribution in [0.1, 0.15) is 151 Å². The van der Waals surface area contributed by atoms with Gasteiger partial charge in [0.25, 0.3) is 0 Å². The molecule has 0 aliphatic heterocycles. The molecule has 4 atom stereocenters. The van der Waals surface area contributed by atoms with Crippen molar-refractivity contribution in [1.82, 2.24) is 0 Å². The summed E-state index contributed by atoms with van der Waals surface area (Å²) in [6.07, 6.45) is 51.5. The quantitative estimate of drug-likeness (QED) is 0.155. The number of benzene rings is 4. The number of aryl methyl sites for hydroxylation is 1. The van der Waals surface area contributed by atoms with E-state index in [9.17, 15) is 0 Å². The zero-order chi connectivity index (χ0) is 45.6. The van der Waals surface area contributed by atoms with Gasteiger partial charge in [-0.2, -0.15) is 0 Å². The molecule has 4 aromatic carbocycles. The first-order chi connectivity index (χ1) is 33.5. The molecule has 0 aromatic heterocycles. The highest BCUT2D eigenvalue weighted by atomic mass is 14.4. The second kappa shape index (κ2) is 17.2. The zero-order valence-corrected chi connectivity index (χ0v) is 41.4. The third-order valence-electron chi connectivity index (χ3n) is 18.5. The molecule has 4 aromatic rings. The molecule has 9 aliphatic rings. The Hall–Kier alpha value is -5.46. The lowest BCUT2D eigenvalue weighted by Crippen LogP contribution is -2.28. The van der Waals surface area contributed by atoms with Crippen molar-refractivity contribution in [2.24, 2.45) is 23.7 Å². The van der Waals surface area contributed by atoms with Crippen LogP contribution < -0.4 is 10.4 Å². The van der Waals surface area contributed by atoms with Crippen molar-refractivity contribution < 1.29 is 0 Å². The van der Waals surface area contributed by atoms with Gasteiger partial charge in [0, 0.05) is 11.8 Å². The number of rotatable bonds is 8. The second-order valence-electron chi connectivity index (χ2n) is 21.9. The van der Waals surface area contributed by atoms with Gasteiger partial charge in [-0.15, -0.1) is 0 Å². The lowest BCUT2D eigenvalue weighted by Gasteiger charge is -2.36. The largest absolute Gasteiger partial charge is 0.0842 e. The summed E-state index contributed by atoms with van der Waals surface area (Å²) in [4.78, 5) is 0. The molecule has 0 heteroatoms. The number of hydrogen-bond donors (Lipinski definition) is 0. The van der Waals surface area contributed by atoms with Crippen LogP contribution in [0.25, 0.3) is 56.5 Å². The Labute approximate surface area is 406 Å². The fourth-order valence-corrected chi connectivity index (χ4v) is 15.4. The van der Waals surface area contributed by atoms with Crippen molar-refractivity contribution >= 4 is 45.3 Å². The molecule has 0 radical (unpaired) electrons. The fourth-order valence-electron chi connectivity index (χ4n) is 15.4. The van der Waals surface area contributed by atoms with Gasteiger partial charge in [-0.05, 0) is 278 Å². The minimum Gasteiger partial charge on any atom is -0.0842 e. The Bertz CT molecular complexity index is 3320. The lowest BCUT2D eigenvalue weighted by atomic mass is 9.68. The Kier molecular flexibility index (Phi) is 10.8. The summed E-state index contributed by atoms with van der Waals surface area (Å²) in [5.74, 6) is 2.00. The Morgan fingerprint density at radius 3 is 1.91 bits per heavy atom. The molecule has 0 nitrogen and oxygen atoms in total. The van der Waals surface area contributed by atoms with Gasteiger partial charge in [-0.1, -0.05) is 118 Å². The maximum atomic E-state index is 2.81. The monoisotopic (exact) mass is 887 g/mol. The van der Waals surface area contributed by atoms with Crippen molar-refractivity contribution in [2.75, 3.05) is 0 Å². The number of fused-ring (bicyclic) bond motifs is 5. The van der Waals surface area contributed by atoms with E-state index in [1.165, 1.54) is 119 Å². The Morgan fingerprint density at radius 2 is 1.18 bits per heavy atom. The molecule has 4 unspecified atom stereocenters. The predicted molar refractivity (Wildman–Crippen MR) is 292 cm³/mol. The van der Waals surface area contributed by atoms with Crippen molar-refractivity contribution in [3.05, 3.63) is 185 Å². The van der Waals surface area contributed by atoms with E-state index in [-0.39, 0.29) is 0 Å².